The molecule has 3 rings (SSSR count). The average molecular weight is 496 g/mol. The lowest BCUT2D eigenvalue weighted by molar-refractivity contribution is -0.0346. The second-order valence-electron chi connectivity index (χ2n) is 12.4. The van der Waals surface area contributed by atoms with Gasteiger partial charge in [-0.25, -0.2) is 4.79 Å². The van der Waals surface area contributed by atoms with Crippen LogP contribution in [-0.2, 0) is 20.5 Å². The topological polar surface area (TPSA) is 48.0 Å². The first kappa shape index (κ1) is 26.5. The van der Waals surface area contributed by atoms with Crippen molar-refractivity contribution in [3.8, 4) is 0 Å². The second-order valence-corrected chi connectivity index (χ2v) is 17.7. The van der Waals surface area contributed by atoms with Gasteiger partial charge in [0, 0.05) is 5.02 Å². The van der Waals surface area contributed by atoms with Crippen molar-refractivity contribution in [1.29, 1.82) is 0 Å². The van der Waals surface area contributed by atoms with Crippen LogP contribution in [0, 0.1) is 0 Å². The molecule has 0 unspecified atom stereocenters. The van der Waals surface area contributed by atoms with Gasteiger partial charge in [-0.1, -0.05) is 44.5 Å². The number of ether oxygens (including phenoxy) is 2. The van der Waals surface area contributed by atoms with Gasteiger partial charge in [0.1, 0.15) is 5.60 Å². The third kappa shape index (κ3) is 5.77. The Bertz CT molecular complexity index is 833. The summed E-state index contributed by atoms with van der Waals surface area (Å²) in [5, 5.41) is 0.836. The average Bonchev–Trinajstić information content (AvgIpc) is 3.17. The standard InChI is InChI=1S/C26H42ClNO4Si/c1-23(2,3)32-22(29)28-25(18-30-17-20-9-11-21(27)12-10-20)13-15-26(28,16-14-25)19-31-33(7,8)24(4,5)6/h9-12H,13-19H2,1-8H3. The number of carbonyl (C=O) groups is 1. The number of amides is 1. The van der Waals surface area contributed by atoms with Gasteiger partial charge >= 0.3 is 6.09 Å². The summed E-state index contributed by atoms with van der Waals surface area (Å²) >= 11 is 6.00. The summed E-state index contributed by atoms with van der Waals surface area (Å²) in [6.45, 7) is 18.6. The Morgan fingerprint density at radius 2 is 1.48 bits per heavy atom. The largest absolute Gasteiger partial charge is 0.444 e. The van der Waals surface area contributed by atoms with Crippen molar-refractivity contribution < 1.29 is 18.7 Å². The molecule has 1 amide bonds. The van der Waals surface area contributed by atoms with E-state index in [-0.39, 0.29) is 22.2 Å². The molecule has 0 spiro atoms. The molecule has 0 saturated carbocycles. The molecule has 2 saturated heterocycles. The van der Waals surface area contributed by atoms with Crippen LogP contribution >= 0.6 is 11.6 Å². The second kappa shape index (κ2) is 9.18. The van der Waals surface area contributed by atoms with E-state index in [1.807, 2.05) is 49.9 Å². The third-order valence-electron chi connectivity index (χ3n) is 7.70. The van der Waals surface area contributed by atoms with Crippen LogP contribution in [-0.4, -0.2) is 49.2 Å². The van der Waals surface area contributed by atoms with Gasteiger partial charge in [0.15, 0.2) is 8.32 Å². The molecular weight excluding hydrogens is 454 g/mol. The highest BCUT2D eigenvalue weighted by Crippen LogP contribution is 2.55. The molecule has 33 heavy (non-hydrogen) atoms. The maximum absolute atomic E-state index is 13.5. The molecule has 186 valence electrons. The monoisotopic (exact) mass is 495 g/mol. The summed E-state index contributed by atoms with van der Waals surface area (Å²) < 4.78 is 18.8. The minimum atomic E-state index is -1.95. The Hall–Kier alpha value is -1.08. The van der Waals surface area contributed by atoms with Crippen LogP contribution in [0.4, 0.5) is 4.79 Å². The van der Waals surface area contributed by atoms with Gasteiger partial charge in [-0.05, 0) is 82.3 Å². The van der Waals surface area contributed by atoms with Gasteiger partial charge in [0.25, 0.3) is 0 Å². The molecule has 2 heterocycles. The van der Waals surface area contributed by atoms with Crippen molar-refractivity contribution in [2.45, 2.75) is 109 Å². The Labute approximate surface area is 206 Å². The molecule has 5 nitrogen and oxygen atoms in total. The first-order valence-corrected chi connectivity index (χ1v) is 15.4. The van der Waals surface area contributed by atoms with E-state index in [4.69, 9.17) is 25.5 Å². The molecule has 0 aliphatic carbocycles. The summed E-state index contributed by atoms with van der Waals surface area (Å²) in [5.41, 5.74) is -0.137. The highest BCUT2D eigenvalue weighted by Gasteiger charge is 2.64. The zero-order chi connectivity index (χ0) is 24.7. The van der Waals surface area contributed by atoms with E-state index >= 15 is 0 Å². The van der Waals surface area contributed by atoms with Crippen LogP contribution in [0.2, 0.25) is 23.2 Å². The molecule has 2 aliphatic rings. The van der Waals surface area contributed by atoms with Crippen molar-refractivity contribution in [2.75, 3.05) is 13.2 Å². The zero-order valence-electron chi connectivity index (χ0n) is 21.7. The zero-order valence-corrected chi connectivity index (χ0v) is 23.5. The number of fused-ring (bicyclic) bond motifs is 2. The quantitative estimate of drug-likeness (QED) is 0.376. The molecule has 0 radical (unpaired) electrons. The number of nitrogens with zero attached hydrogens (tertiary/aromatic N) is 1. The predicted molar refractivity (Wildman–Crippen MR) is 136 cm³/mol. The van der Waals surface area contributed by atoms with Gasteiger partial charge < -0.3 is 13.9 Å². The summed E-state index contributed by atoms with van der Waals surface area (Å²) in [5.74, 6) is 0. The molecule has 0 atom stereocenters. The molecule has 0 N–H and O–H groups in total. The fraction of sp³-hybridized carbons (Fsp3) is 0.731. The van der Waals surface area contributed by atoms with Crippen molar-refractivity contribution >= 4 is 26.0 Å². The van der Waals surface area contributed by atoms with Crippen molar-refractivity contribution in [2.24, 2.45) is 0 Å². The van der Waals surface area contributed by atoms with Crippen LogP contribution in [0.25, 0.3) is 0 Å². The van der Waals surface area contributed by atoms with Gasteiger partial charge in [-0.2, -0.15) is 0 Å². The molecule has 7 heteroatoms. The van der Waals surface area contributed by atoms with Gasteiger partial charge in [-0.15, -0.1) is 0 Å². The fourth-order valence-electron chi connectivity index (χ4n) is 4.71. The minimum absolute atomic E-state index is 0.121. The first-order chi connectivity index (χ1) is 15.1. The third-order valence-corrected chi connectivity index (χ3v) is 12.4. The Kier molecular flexibility index (Phi) is 7.37. The van der Waals surface area contributed by atoms with Crippen LogP contribution < -0.4 is 0 Å². The lowest BCUT2D eigenvalue weighted by Crippen LogP contribution is -2.57. The number of benzene rings is 1. The van der Waals surface area contributed by atoms with E-state index in [0.717, 1.165) is 31.2 Å². The molecule has 1 aromatic carbocycles. The highest BCUT2D eigenvalue weighted by atomic mass is 35.5. The maximum atomic E-state index is 13.5. The van der Waals surface area contributed by atoms with E-state index in [1.54, 1.807) is 0 Å². The van der Waals surface area contributed by atoms with E-state index in [1.165, 1.54) is 0 Å². The highest BCUT2D eigenvalue weighted by molar-refractivity contribution is 6.74. The Morgan fingerprint density at radius 1 is 0.970 bits per heavy atom. The van der Waals surface area contributed by atoms with E-state index in [2.05, 4.69) is 33.9 Å². The maximum Gasteiger partial charge on any atom is 0.411 e. The lowest BCUT2D eigenvalue weighted by atomic mass is 9.83. The van der Waals surface area contributed by atoms with Gasteiger partial charge in [-0.3, -0.25) is 4.90 Å². The van der Waals surface area contributed by atoms with Gasteiger partial charge in [0.2, 0.25) is 0 Å². The molecule has 2 bridgehead atoms. The molecular formula is C26H42ClNO4Si. The van der Waals surface area contributed by atoms with E-state index in [9.17, 15) is 4.79 Å². The van der Waals surface area contributed by atoms with E-state index in [0.29, 0.717) is 24.8 Å². The Morgan fingerprint density at radius 3 is 1.97 bits per heavy atom. The molecule has 2 fully saturated rings. The van der Waals surface area contributed by atoms with E-state index < -0.39 is 13.9 Å². The number of rotatable bonds is 7. The van der Waals surface area contributed by atoms with Crippen LogP contribution in [0.1, 0.15) is 72.8 Å². The minimum Gasteiger partial charge on any atom is -0.444 e. The summed E-state index contributed by atoms with van der Waals surface area (Å²) in [4.78, 5) is 15.5. The summed E-state index contributed by atoms with van der Waals surface area (Å²) in [6.07, 6.45) is 3.42. The number of hydrogen-bond donors (Lipinski definition) is 0. The van der Waals surface area contributed by atoms with Crippen molar-refractivity contribution in [3.05, 3.63) is 34.9 Å². The van der Waals surface area contributed by atoms with Crippen LogP contribution in [0.3, 0.4) is 0 Å². The number of carbonyl (C=O) groups excluding carboxylic acids is 1. The van der Waals surface area contributed by atoms with Crippen LogP contribution in [0.5, 0.6) is 0 Å². The molecule has 2 aliphatic heterocycles. The van der Waals surface area contributed by atoms with Crippen molar-refractivity contribution in [3.63, 3.8) is 0 Å². The van der Waals surface area contributed by atoms with Gasteiger partial charge in [0.05, 0.1) is 30.9 Å². The Balaban J connectivity index is 1.78. The normalized spacial score (nSPS) is 25.5. The smallest absolute Gasteiger partial charge is 0.411 e. The molecule has 1 aromatic rings. The summed E-state index contributed by atoms with van der Waals surface area (Å²) in [7, 11) is -1.95. The predicted octanol–water partition coefficient (Wildman–Crippen LogP) is 7.18. The lowest BCUT2D eigenvalue weighted by Gasteiger charge is -2.43. The number of hydrogen-bond acceptors (Lipinski definition) is 4. The van der Waals surface area contributed by atoms with Crippen molar-refractivity contribution in [1.82, 2.24) is 4.90 Å². The SMILES string of the molecule is CC(C)(C)OC(=O)N1C2(COCc3ccc(Cl)cc3)CCC1(CO[Si](C)(C)C(C)(C)C)CC2. The first-order valence-electron chi connectivity index (χ1n) is 12.1. The fourth-order valence-corrected chi connectivity index (χ4v) is 5.90. The van der Waals surface area contributed by atoms with Crippen LogP contribution in [0.15, 0.2) is 24.3 Å². The number of halogens is 1. The molecule has 0 aromatic heterocycles. The summed E-state index contributed by atoms with van der Waals surface area (Å²) in [6, 6.07) is 7.71.